The van der Waals surface area contributed by atoms with Gasteiger partial charge in [0, 0.05) is 24.2 Å². The second-order valence-electron chi connectivity index (χ2n) is 5.26. The van der Waals surface area contributed by atoms with E-state index < -0.39 is 0 Å². The highest BCUT2D eigenvalue weighted by molar-refractivity contribution is 5.96. The minimum atomic E-state index is 0.292. The lowest BCUT2D eigenvalue weighted by Gasteiger charge is -2.06. The average Bonchev–Trinajstić information content (AvgIpc) is 2.75. The smallest absolute Gasteiger partial charge is 0.162 e. The van der Waals surface area contributed by atoms with E-state index in [0.29, 0.717) is 18.1 Å². The zero-order valence-corrected chi connectivity index (χ0v) is 10.8. The lowest BCUT2D eigenvalue weighted by Crippen LogP contribution is -2.00. The molecule has 1 aromatic rings. The largest absolute Gasteiger partial charge is 0.384 e. The molecule has 0 aliphatic carbocycles. The van der Waals surface area contributed by atoms with Crippen LogP contribution in [0.25, 0.3) is 0 Å². The van der Waals surface area contributed by atoms with Crippen LogP contribution in [0.3, 0.4) is 0 Å². The summed E-state index contributed by atoms with van der Waals surface area (Å²) < 4.78 is 0. The summed E-state index contributed by atoms with van der Waals surface area (Å²) in [7, 11) is 0. The normalized spacial score (nSPS) is 13.6. The van der Waals surface area contributed by atoms with Crippen molar-refractivity contribution in [2.45, 2.75) is 39.5 Å². The molecule has 0 radical (unpaired) electrons. The molecule has 0 bridgehead atoms. The second kappa shape index (κ2) is 5.35. The van der Waals surface area contributed by atoms with E-state index in [1.165, 1.54) is 11.3 Å². The first-order valence-electron chi connectivity index (χ1n) is 6.57. The fourth-order valence-electron chi connectivity index (χ4n) is 2.29. The maximum Gasteiger partial charge on any atom is 0.162 e. The summed E-state index contributed by atoms with van der Waals surface area (Å²) in [6, 6.07) is 6.06. The van der Waals surface area contributed by atoms with Crippen molar-refractivity contribution in [2.24, 2.45) is 5.92 Å². The standard InChI is InChI=1S/C15H21NO/c1-11(2)4-3-5-15(17)13-6-7-14-12(10-13)8-9-16-14/h6-7,10-11,16H,3-5,8-9H2,1-2H3. The zero-order chi connectivity index (χ0) is 12.3. The van der Waals surface area contributed by atoms with Crippen LogP contribution in [0, 0.1) is 5.92 Å². The Kier molecular flexibility index (Phi) is 3.82. The van der Waals surface area contributed by atoms with Gasteiger partial charge in [-0.05, 0) is 42.5 Å². The number of rotatable bonds is 5. The number of nitrogens with one attached hydrogen (secondary N) is 1. The molecule has 2 rings (SSSR count). The highest BCUT2D eigenvalue weighted by Crippen LogP contribution is 2.24. The number of anilines is 1. The fraction of sp³-hybridized carbons (Fsp3) is 0.533. The van der Waals surface area contributed by atoms with E-state index in [1.54, 1.807) is 0 Å². The molecule has 0 unspecified atom stereocenters. The Bertz CT molecular complexity index is 409. The average molecular weight is 231 g/mol. The number of hydrogen-bond donors (Lipinski definition) is 1. The van der Waals surface area contributed by atoms with Gasteiger partial charge in [0.05, 0.1) is 0 Å². The van der Waals surface area contributed by atoms with Crippen LogP contribution in [0.15, 0.2) is 18.2 Å². The lowest BCUT2D eigenvalue weighted by atomic mass is 9.99. The summed E-state index contributed by atoms with van der Waals surface area (Å²) in [4.78, 5) is 12.0. The van der Waals surface area contributed by atoms with Gasteiger partial charge in [-0.2, -0.15) is 0 Å². The van der Waals surface area contributed by atoms with Gasteiger partial charge >= 0.3 is 0 Å². The van der Waals surface area contributed by atoms with Crippen molar-refractivity contribution in [3.63, 3.8) is 0 Å². The van der Waals surface area contributed by atoms with E-state index in [-0.39, 0.29) is 0 Å². The van der Waals surface area contributed by atoms with Crippen LogP contribution in [0.5, 0.6) is 0 Å². The van der Waals surface area contributed by atoms with Gasteiger partial charge in [-0.3, -0.25) is 4.79 Å². The van der Waals surface area contributed by atoms with Crippen LogP contribution in [-0.2, 0) is 6.42 Å². The van der Waals surface area contributed by atoms with Crippen LogP contribution >= 0.6 is 0 Å². The topological polar surface area (TPSA) is 29.1 Å². The Morgan fingerprint density at radius 2 is 2.24 bits per heavy atom. The Morgan fingerprint density at radius 3 is 3.00 bits per heavy atom. The fourth-order valence-corrected chi connectivity index (χ4v) is 2.29. The summed E-state index contributed by atoms with van der Waals surface area (Å²) >= 11 is 0. The Hall–Kier alpha value is -1.31. The van der Waals surface area contributed by atoms with Gasteiger partial charge in [0.1, 0.15) is 0 Å². The summed E-state index contributed by atoms with van der Waals surface area (Å²) in [6.07, 6.45) is 3.87. The third-order valence-corrected chi connectivity index (χ3v) is 3.32. The first-order chi connectivity index (χ1) is 8.16. The summed E-state index contributed by atoms with van der Waals surface area (Å²) in [5.74, 6) is 0.979. The first-order valence-corrected chi connectivity index (χ1v) is 6.57. The van der Waals surface area contributed by atoms with Gasteiger partial charge in [-0.15, -0.1) is 0 Å². The molecule has 0 aromatic heterocycles. The highest BCUT2D eigenvalue weighted by Gasteiger charge is 2.13. The third-order valence-electron chi connectivity index (χ3n) is 3.32. The summed E-state index contributed by atoms with van der Waals surface area (Å²) in [5, 5.41) is 3.31. The van der Waals surface area contributed by atoms with Gasteiger partial charge in [0.25, 0.3) is 0 Å². The summed E-state index contributed by atoms with van der Waals surface area (Å²) in [5.41, 5.74) is 3.37. The third kappa shape index (κ3) is 3.09. The molecule has 0 amide bonds. The van der Waals surface area contributed by atoms with Gasteiger partial charge in [0.2, 0.25) is 0 Å². The number of benzene rings is 1. The maximum atomic E-state index is 12.0. The van der Waals surface area contributed by atoms with Gasteiger partial charge in [-0.1, -0.05) is 20.3 Å². The van der Waals surface area contributed by atoms with Gasteiger partial charge in [0.15, 0.2) is 5.78 Å². The number of hydrogen-bond acceptors (Lipinski definition) is 2. The number of fused-ring (bicyclic) bond motifs is 1. The van der Waals surface area contributed by atoms with Gasteiger partial charge < -0.3 is 5.32 Å². The van der Waals surface area contributed by atoms with Crippen molar-refractivity contribution in [3.8, 4) is 0 Å². The SMILES string of the molecule is CC(C)CCCC(=O)c1ccc2c(c1)CCN2. The molecule has 1 aliphatic rings. The Labute approximate surface area is 103 Å². The number of Topliss-reactive ketones (excluding diaryl/α,β-unsaturated/α-hetero) is 1. The van der Waals surface area contributed by atoms with Crippen LogP contribution in [0.4, 0.5) is 5.69 Å². The van der Waals surface area contributed by atoms with Gasteiger partial charge in [-0.25, -0.2) is 0 Å². The summed E-state index contributed by atoms with van der Waals surface area (Å²) in [6.45, 7) is 5.40. The maximum absolute atomic E-state index is 12.0. The van der Waals surface area contributed by atoms with Crippen molar-refractivity contribution in [1.29, 1.82) is 0 Å². The molecule has 0 spiro atoms. The van der Waals surface area contributed by atoms with E-state index in [0.717, 1.165) is 31.4 Å². The molecule has 2 heteroatoms. The van der Waals surface area contributed by atoms with E-state index in [1.807, 2.05) is 12.1 Å². The number of carbonyl (C=O) groups is 1. The molecule has 17 heavy (non-hydrogen) atoms. The Morgan fingerprint density at radius 1 is 1.41 bits per heavy atom. The van der Waals surface area contributed by atoms with Crippen molar-refractivity contribution in [3.05, 3.63) is 29.3 Å². The molecule has 1 N–H and O–H groups in total. The Balaban J connectivity index is 1.95. The molecular formula is C15H21NO. The minimum Gasteiger partial charge on any atom is -0.384 e. The number of ketones is 1. The van der Waals surface area contributed by atoms with Crippen LogP contribution < -0.4 is 5.32 Å². The van der Waals surface area contributed by atoms with Crippen LogP contribution in [0.1, 0.15) is 49.0 Å². The van der Waals surface area contributed by atoms with Crippen molar-refractivity contribution in [2.75, 3.05) is 11.9 Å². The van der Waals surface area contributed by atoms with Crippen molar-refractivity contribution >= 4 is 11.5 Å². The molecule has 0 saturated heterocycles. The lowest BCUT2D eigenvalue weighted by molar-refractivity contribution is 0.0978. The molecule has 0 atom stereocenters. The molecule has 2 nitrogen and oxygen atoms in total. The number of carbonyl (C=O) groups excluding carboxylic acids is 1. The predicted molar refractivity (Wildman–Crippen MR) is 71.7 cm³/mol. The molecule has 0 saturated carbocycles. The first kappa shape index (κ1) is 12.2. The minimum absolute atomic E-state index is 0.292. The highest BCUT2D eigenvalue weighted by atomic mass is 16.1. The quantitative estimate of drug-likeness (QED) is 0.783. The van der Waals surface area contributed by atoms with Crippen molar-refractivity contribution in [1.82, 2.24) is 0 Å². The monoisotopic (exact) mass is 231 g/mol. The predicted octanol–water partition coefficient (Wildman–Crippen LogP) is 3.66. The molecule has 1 aromatic carbocycles. The van der Waals surface area contributed by atoms with E-state index in [4.69, 9.17) is 0 Å². The van der Waals surface area contributed by atoms with Crippen LogP contribution in [0.2, 0.25) is 0 Å². The molecule has 92 valence electrons. The van der Waals surface area contributed by atoms with Crippen molar-refractivity contribution < 1.29 is 4.79 Å². The van der Waals surface area contributed by atoms with Crippen LogP contribution in [-0.4, -0.2) is 12.3 Å². The molecular weight excluding hydrogens is 210 g/mol. The van der Waals surface area contributed by atoms with E-state index in [9.17, 15) is 4.79 Å². The second-order valence-corrected chi connectivity index (χ2v) is 5.26. The molecule has 1 aliphatic heterocycles. The molecule has 0 fully saturated rings. The van der Waals surface area contributed by atoms with E-state index in [2.05, 4.69) is 25.2 Å². The van der Waals surface area contributed by atoms with E-state index >= 15 is 0 Å². The molecule has 1 heterocycles. The zero-order valence-electron chi connectivity index (χ0n) is 10.8.